The third-order valence-corrected chi connectivity index (χ3v) is 5.45. The van der Waals surface area contributed by atoms with Crippen molar-refractivity contribution in [3.8, 4) is 5.75 Å². The van der Waals surface area contributed by atoms with Crippen LogP contribution in [0.15, 0.2) is 86.5 Å². The predicted molar refractivity (Wildman–Crippen MR) is 119 cm³/mol. The molecule has 0 N–H and O–H groups in total. The Morgan fingerprint density at radius 2 is 1.87 bits per heavy atom. The van der Waals surface area contributed by atoms with Crippen molar-refractivity contribution < 1.29 is 18.3 Å². The molecule has 8 heteroatoms. The molecule has 0 unspecified atom stereocenters. The van der Waals surface area contributed by atoms with Crippen molar-refractivity contribution in [2.24, 2.45) is 10.2 Å². The monoisotopic (exact) mass is 435 g/mol. The van der Waals surface area contributed by atoms with E-state index < -0.39 is 5.82 Å². The van der Waals surface area contributed by atoms with Gasteiger partial charge in [0.15, 0.2) is 5.17 Å². The summed E-state index contributed by atoms with van der Waals surface area (Å²) in [6.07, 6.45) is 4.61. The van der Waals surface area contributed by atoms with Crippen molar-refractivity contribution in [3.63, 3.8) is 0 Å². The Morgan fingerprint density at radius 1 is 1.10 bits per heavy atom. The lowest BCUT2D eigenvalue weighted by Gasteiger charge is -2.12. The van der Waals surface area contributed by atoms with E-state index in [4.69, 9.17) is 9.15 Å². The number of thioether (sulfide) groups is 1. The van der Waals surface area contributed by atoms with E-state index in [2.05, 4.69) is 10.2 Å². The molecule has 1 amide bonds. The van der Waals surface area contributed by atoms with E-state index in [1.54, 1.807) is 43.7 Å². The van der Waals surface area contributed by atoms with E-state index in [-0.39, 0.29) is 12.5 Å². The molecule has 0 radical (unpaired) electrons. The molecule has 0 saturated carbocycles. The number of carbonyl (C=O) groups is 1. The van der Waals surface area contributed by atoms with E-state index in [9.17, 15) is 9.18 Å². The van der Waals surface area contributed by atoms with Gasteiger partial charge in [-0.3, -0.25) is 9.69 Å². The normalized spacial score (nSPS) is 16.7. The van der Waals surface area contributed by atoms with Gasteiger partial charge in [0.25, 0.3) is 5.91 Å². The van der Waals surface area contributed by atoms with E-state index in [0.717, 1.165) is 17.3 Å². The number of halogens is 1. The molecule has 0 bridgehead atoms. The summed E-state index contributed by atoms with van der Waals surface area (Å²) in [7, 11) is 1.58. The number of para-hydroxylation sites is 1. The van der Waals surface area contributed by atoms with Crippen LogP contribution in [0.2, 0.25) is 0 Å². The van der Waals surface area contributed by atoms with Crippen LogP contribution in [-0.4, -0.2) is 29.3 Å². The van der Waals surface area contributed by atoms with Crippen LogP contribution in [0, 0.1) is 5.82 Å². The Bertz CT molecular complexity index is 1170. The molecular weight excluding hydrogens is 417 g/mol. The molecule has 2 heterocycles. The minimum atomic E-state index is -0.402. The number of benzene rings is 2. The molecule has 4 rings (SSSR count). The zero-order valence-electron chi connectivity index (χ0n) is 16.6. The largest absolute Gasteiger partial charge is 0.496 e. The van der Waals surface area contributed by atoms with Crippen molar-refractivity contribution in [1.82, 2.24) is 4.90 Å². The fraction of sp³-hybridized carbons (Fsp3) is 0.0870. The maximum absolute atomic E-state index is 14.1. The number of nitrogens with zero attached hydrogens (tertiary/aromatic N) is 3. The van der Waals surface area contributed by atoms with E-state index in [0.29, 0.717) is 27.1 Å². The lowest BCUT2D eigenvalue weighted by atomic mass is 10.2. The van der Waals surface area contributed by atoms with Crippen LogP contribution in [-0.2, 0) is 11.3 Å². The third-order valence-electron chi connectivity index (χ3n) is 4.45. The number of rotatable bonds is 6. The standard InChI is InChI=1S/C23H18FN3O3S/c1-29-20-11-5-3-8-17(20)14-25-26-23-27(15-18-9-6-12-30-18)22(28)21(31-23)13-16-7-2-4-10-19(16)24/h2-14H,15H2,1H3/b21-13-,25-14+,26-23-. The molecule has 0 spiro atoms. The summed E-state index contributed by atoms with van der Waals surface area (Å²) >= 11 is 1.13. The summed E-state index contributed by atoms with van der Waals surface area (Å²) in [6, 6.07) is 17.2. The van der Waals surface area contributed by atoms with E-state index in [1.807, 2.05) is 24.3 Å². The molecule has 1 aliphatic rings. The van der Waals surface area contributed by atoms with Crippen LogP contribution in [0.25, 0.3) is 6.08 Å². The van der Waals surface area contributed by atoms with Crippen LogP contribution in [0.5, 0.6) is 5.75 Å². The Labute approximate surface area is 182 Å². The quantitative estimate of drug-likeness (QED) is 0.313. The van der Waals surface area contributed by atoms with Gasteiger partial charge in [0.05, 0.1) is 31.0 Å². The Morgan fingerprint density at radius 3 is 2.61 bits per heavy atom. The topological polar surface area (TPSA) is 67.4 Å². The molecule has 3 aromatic rings. The fourth-order valence-corrected chi connectivity index (χ4v) is 3.85. The first-order valence-electron chi connectivity index (χ1n) is 9.38. The van der Waals surface area contributed by atoms with Gasteiger partial charge in [0.2, 0.25) is 0 Å². The highest BCUT2D eigenvalue weighted by Crippen LogP contribution is 2.34. The number of carbonyl (C=O) groups excluding carboxylic acids is 1. The minimum absolute atomic E-state index is 0.191. The molecule has 2 aromatic carbocycles. The van der Waals surface area contributed by atoms with Crippen LogP contribution in [0.3, 0.4) is 0 Å². The Balaban J connectivity index is 1.65. The third kappa shape index (κ3) is 4.75. The second-order valence-corrected chi connectivity index (χ2v) is 7.48. The van der Waals surface area contributed by atoms with Gasteiger partial charge in [-0.2, -0.15) is 5.10 Å². The van der Waals surface area contributed by atoms with Crippen molar-refractivity contribution >= 4 is 35.1 Å². The first kappa shape index (κ1) is 20.6. The van der Waals surface area contributed by atoms with Crippen molar-refractivity contribution in [2.45, 2.75) is 6.54 Å². The number of methoxy groups -OCH3 is 1. The zero-order chi connectivity index (χ0) is 21.6. The molecular formula is C23H18FN3O3S. The molecule has 0 atom stereocenters. The zero-order valence-corrected chi connectivity index (χ0v) is 17.4. The molecule has 1 saturated heterocycles. The van der Waals surface area contributed by atoms with Gasteiger partial charge >= 0.3 is 0 Å². The predicted octanol–water partition coefficient (Wildman–Crippen LogP) is 4.93. The first-order valence-corrected chi connectivity index (χ1v) is 10.2. The van der Waals surface area contributed by atoms with Crippen molar-refractivity contribution in [1.29, 1.82) is 0 Å². The highest BCUT2D eigenvalue weighted by Gasteiger charge is 2.34. The van der Waals surface area contributed by atoms with Gasteiger partial charge in [-0.25, -0.2) is 4.39 Å². The number of furan rings is 1. The first-order chi connectivity index (χ1) is 15.2. The minimum Gasteiger partial charge on any atom is -0.496 e. The molecule has 1 aromatic heterocycles. The van der Waals surface area contributed by atoms with Crippen molar-refractivity contribution in [3.05, 3.63) is 94.5 Å². The van der Waals surface area contributed by atoms with Gasteiger partial charge in [-0.05, 0) is 48.2 Å². The molecule has 1 aliphatic heterocycles. The number of ether oxygens (including phenoxy) is 1. The van der Waals surface area contributed by atoms with Gasteiger partial charge < -0.3 is 9.15 Å². The summed E-state index contributed by atoms with van der Waals surface area (Å²) < 4.78 is 24.8. The maximum atomic E-state index is 14.1. The number of hydrogen-bond acceptors (Lipinski definition) is 6. The van der Waals surface area contributed by atoms with Gasteiger partial charge in [-0.15, -0.1) is 5.10 Å². The second kappa shape index (κ2) is 9.44. The van der Waals surface area contributed by atoms with Gasteiger partial charge in [0.1, 0.15) is 17.3 Å². The molecule has 6 nitrogen and oxygen atoms in total. The van der Waals surface area contributed by atoms with E-state index in [1.165, 1.54) is 23.3 Å². The van der Waals surface area contributed by atoms with Crippen LogP contribution < -0.4 is 4.74 Å². The summed E-state index contributed by atoms with van der Waals surface area (Å²) in [5, 5.41) is 8.75. The average Bonchev–Trinajstić information content (AvgIpc) is 3.40. The average molecular weight is 435 g/mol. The summed E-state index contributed by atoms with van der Waals surface area (Å²) in [4.78, 5) is 14.8. The summed E-state index contributed by atoms with van der Waals surface area (Å²) in [5.41, 5.74) is 1.08. The molecule has 0 aliphatic carbocycles. The number of amidine groups is 1. The highest BCUT2D eigenvalue weighted by atomic mass is 32.2. The summed E-state index contributed by atoms with van der Waals surface area (Å²) in [5.74, 6) is 0.563. The fourth-order valence-electron chi connectivity index (χ4n) is 2.93. The van der Waals surface area contributed by atoms with Gasteiger partial charge in [0, 0.05) is 11.1 Å². The number of hydrogen-bond donors (Lipinski definition) is 0. The van der Waals surface area contributed by atoms with Gasteiger partial charge in [-0.1, -0.05) is 30.3 Å². The molecule has 31 heavy (non-hydrogen) atoms. The Kier molecular flexibility index (Phi) is 6.28. The summed E-state index contributed by atoms with van der Waals surface area (Å²) in [6.45, 7) is 0.191. The smallest absolute Gasteiger partial charge is 0.267 e. The number of amides is 1. The lowest BCUT2D eigenvalue weighted by molar-refractivity contribution is -0.122. The Hall–Kier alpha value is -3.65. The second-order valence-electron chi connectivity index (χ2n) is 6.47. The highest BCUT2D eigenvalue weighted by molar-refractivity contribution is 8.18. The van der Waals surface area contributed by atoms with Crippen LogP contribution in [0.4, 0.5) is 4.39 Å². The van der Waals surface area contributed by atoms with Crippen molar-refractivity contribution in [2.75, 3.05) is 7.11 Å². The van der Waals surface area contributed by atoms with Crippen LogP contribution >= 0.6 is 11.8 Å². The van der Waals surface area contributed by atoms with Crippen LogP contribution in [0.1, 0.15) is 16.9 Å². The van der Waals surface area contributed by atoms with E-state index >= 15 is 0 Å². The molecule has 156 valence electrons. The SMILES string of the molecule is COc1ccccc1/C=N/N=C1\S/C(=C\c2ccccc2F)C(=O)N1Cc1ccco1. The maximum Gasteiger partial charge on any atom is 0.267 e. The molecule has 1 fully saturated rings. The lowest BCUT2D eigenvalue weighted by Crippen LogP contribution is -2.28.